The van der Waals surface area contributed by atoms with Crippen LogP contribution in [0.1, 0.15) is 29.6 Å². The number of rotatable bonds is 3. The Kier molecular flexibility index (Phi) is 3.91. The molecule has 2 rings (SSSR count). The van der Waals surface area contributed by atoms with Crippen molar-refractivity contribution in [2.24, 2.45) is 0 Å². The van der Waals surface area contributed by atoms with Gasteiger partial charge in [-0.15, -0.1) is 0 Å². The van der Waals surface area contributed by atoms with Crippen molar-refractivity contribution in [1.82, 2.24) is 9.97 Å². The van der Waals surface area contributed by atoms with E-state index in [0.717, 1.165) is 25.8 Å². The molecule has 0 amide bonds. The van der Waals surface area contributed by atoms with E-state index in [1.807, 2.05) is 4.90 Å². The van der Waals surface area contributed by atoms with Crippen LogP contribution in [0.5, 0.6) is 0 Å². The Hall–Kier alpha value is -1.20. The lowest BCUT2D eigenvalue weighted by molar-refractivity contribution is 0.112. The van der Waals surface area contributed by atoms with Gasteiger partial charge in [0, 0.05) is 6.54 Å². The molecule has 0 saturated carbocycles. The summed E-state index contributed by atoms with van der Waals surface area (Å²) in [5.41, 5.74) is 0.300. The summed E-state index contributed by atoms with van der Waals surface area (Å²) in [4.78, 5) is 20.9. The van der Waals surface area contributed by atoms with E-state index in [-0.39, 0.29) is 17.8 Å². The number of carbonyl (C=O) groups excluding carboxylic acids is 1. The molecule has 1 atom stereocenters. The minimum absolute atomic E-state index is 0.00779. The van der Waals surface area contributed by atoms with Gasteiger partial charge in [-0.1, -0.05) is 11.6 Å². The van der Waals surface area contributed by atoms with Crippen molar-refractivity contribution in [1.29, 1.82) is 0 Å². The molecule has 1 N–H and O–H groups in total. The van der Waals surface area contributed by atoms with Gasteiger partial charge in [0.2, 0.25) is 0 Å². The van der Waals surface area contributed by atoms with Gasteiger partial charge in [-0.25, -0.2) is 9.97 Å². The molecule has 0 radical (unpaired) electrons. The maximum absolute atomic E-state index is 11.0. The van der Waals surface area contributed by atoms with Crippen molar-refractivity contribution < 1.29 is 9.90 Å². The smallest absolute Gasteiger partial charge is 0.156 e. The van der Waals surface area contributed by atoms with Gasteiger partial charge in [0.25, 0.3) is 0 Å². The number of anilines is 1. The molecule has 1 aromatic heterocycles. The summed E-state index contributed by atoms with van der Waals surface area (Å²) in [6, 6.07) is 0.00779. The van der Waals surface area contributed by atoms with Crippen LogP contribution in [0.15, 0.2) is 6.33 Å². The Balaban J connectivity index is 2.37. The third-order valence-corrected chi connectivity index (χ3v) is 3.34. The fourth-order valence-corrected chi connectivity index (χ4v) is 2.34. The topological polar surface area (TPSA) is 66.3 Å². The second-order valence-electron chi connectivity index (χ2n) is 4.05. The van der Waals surface area contributed by atoms with E-state index in [1.165, 1.54) is 6.33 Å². The Morgan fingerprint density at radius 2 is 2.35 bits per heavy atom. The molecule has 2 heterocycles. The molecule has 92 valence electrons. The summed E-state index contributed by atoms with van der Waals surface area (Å²) in [6.07, 6.45) is 5.01. The fraction of sp³-hybridized carbons (Fsp3) is 0.545. The molecular formula is C11H14ClN3O2. The van der Waals surface area contributed by atoms with Crippen LogP contribution in [-0.2, 0) is 0 Å². The van der Waals surface area contributed by atoms with Gasteiger partial charge in [-0.3, -0.25) is 4.79 Å². The lowest BCUT2D eigenvalue weighted by Gasteiger charge is -2.36. The minimum atomic E-state index is 0.00779. The molecule has 0 aliphatic carbocycles. The van der Waals surface area contributed by atoms with Crippen LogP contribution in [0.25, 0.3) is 0 Å². The van der Waals surface area contributed by atoms with Crippen LogP contribution in [0, 0.1) is 0 Å². The highest BCUT2D eigenvalue weighted by molar-refractivity contribution is 6.32. The summed E-state index contributed by atoms with van der Waals surface area (Å²) < 4.78 is 0. The van der Waals surface area contributed by atoms with Crippen molar-refractivity contribution in [2.45, 2.75) is 25.3 Å². The first-order chi connectivity index (χ1) is 8.27. The highest BCUT2D eigenvalue weighted by Gasteiger charge is 2.25. The SMILES string of the molecule is O=Cc1c(Cl)ncnc1N1CCCCC1CO. The number of aliphatic hydroxyl groups is 1. The lowest BCUT2D eigenvalue weighted by atomic mass is 10.0. The average Bonchev–Trinajstić information content (AvgIpc) is 2.38. The van der Waals surface area contributed by atoms with Gasteiger partial charge in [0.15, 0.2) is 6.29 Å². The van der Waals surface area contributed by atoms with Crippen molar-refractivity contribution >= 4 is 23.7 Å². The Morgan fingerprint density at radius 1 is 1.53 bits per heavy atom. The van der Waals surface area contributed by atoms with Gasteiger partial charge >= 0.3 is 0 Å². The molecule has 1 aromatic rings. The average molecular weight is 256 g/mol. The van der Waals surface area contributed by atoms with E-state index in [9.17, 15) is 9.90 Å². The molecule has 5 nitrogen and oxygen atoms in total. The van der Waals surface area contributed by atoms with Gasteiger partial charge in [-0.05, 0) is 19.3 Å². The van der Waals surface area contributed by atoms with E-state index in [4.69, 9.17) is 11.6 Å². The number of carbonyl (C=O) groups is 1. The molecule has 1 saturated heterocycles. The zero-order valence-electron chi connectivity index (χ0n) is 9.34. The normalized spacial score (nSPS) is 20.4. The second-order valence-corrected chi connectivity index (χ2v) is 4.40. The van der Waals surface area contributed by atoms with Crippen LogP contribution in [0.2, 0.25) is 5.15 Å². The van der Waals surface area contributed by atoms with E-state index in [2.05, 4.69) is 9.97 Å². The zero-order chi connectivity index (χ0) is 12.3. The van der Waals surface area contributed by atoms with Gasteiger partial charge in [0.05, 0.1) is 18.2 Å². The van der Waals surface area contributed by atoms with Crippen molar-refractivity contribution in [3.05, 3.63) is 17.0 Å². The van der Waals surface area contributed by atoms with Gasteiger partial charge in [-0.2, -0.15) is 0 Å². The van der Waals surface area contributed by atoms with Gasteiger partial charge in [0.1, 0.15) is 17.3 Å². The second kappa shape index (κ2) is 5.42. The molecule has 0 aromatic carbocycles. The zero-order valence-corrected chi connectivity index (χ0v) is 10.1. The summed E-state index contributed by atoms with van der Waals surface area (Å²) in [7, 11) is 0. The largest absolute Gasteiger partial charge is 0.394 e. The van der Waals surface area contributed by atoms with Crippen LogP contribution in [-0.4, -0.2) is 40.6 Å². The molecule has 1 aliphatic rings. The standard InChI is InChI=1S/C11H14ClN3O2/c12-10-9(6-17)11(14-7-13-10)15-4-2-1-3-8(15)5-16/h6-8,16H,1-5H2. The molecule has 1 fully saturated rings. The van der Waals surface area contributed by atoms with Crippen molar-refractivity contribution in [2.75, 3.05) is 18.1 Å². The van der Waals surface area contributed by atoms with E-state index in [0.29, 0.717) is 17.7 Å². The number of hydrogen-bond acceptors (Lipinski definition) is 5. The summed E-state index contributed by atoms with van der Waals surface area (Å²) >= 11 is 5.87. The number of aliphatic hydroxyl groups excluding tert-OH is 1. The molecule has 1 unspecified atom stereocenters. The number of nitrogens with zero attached hydrogens (tertiary/aromatic N) is 3. The predicted octanol–water partition coefficient (Wildman–Crippen LogP) is 1.29. The Morgan fingerprint density at radius 3 is 3.06 bits per heavy atom. The van der Waals surface area contributed by atoms with Crippen LogP contribution in [0.4, 0.5) is 5.82 Å². The van der Waals surface area contributed by atoms with Crippen LogP contribution in [0.3, 0.4) is 0 Å². The Labute approximate surface area is 104 Å². The minimum Gasteiger partial charge on any atom is -0.394 e. The number of piperidine rings is 1. The third kappa shape index (κ3) is 2.40. The highest BCUT2D eigenvalue weighted by atomic mass is 35.5. The van der Waals surface area contributed by atoms with E-state index >= 15 is 0 Å². The number of aldehydes is 1. The van der Waals surface area contributed by atoms with Gasteiger partial charge < -0.3 is 10.0 Å². The number of hydrogen-bond donors (Lipinski definition) is 1. The predicted molar refractivity (Wildman–Crippen MR) is 64.5 cm³/mol. The van der Waals surface area contributed by atoms with E-state index in [1.54, 1.807) is 0 Å². The van der Waals surface area contributed by atoms with Crippen molar-refractivity contribution in [3.63, 3.8) is 0 Å². The molecule has 0 spiro atoms. The molecule has 17 heavy (non-hydrogen) atoms. The maximum atomic E-state index is 11.0. The van der Waals surface area contributed by atoms with Crippen molar-refractivity contribution in [3.8, 4) is 0 Å². The quantitative estimate of drug-likeness (QED) is 0.651. The lowest BCUT2D eigenvalue weighted by Crippen LogP contribution is -2.43. The maximum Gasteiger partial charge on any atom is 0.156 e. The first-order valence-corrected chi connectivity index (χ1v) is 5.99. The summed E-state index contributed by atoms with van der Waals surface area (Å²) in [5.74, 6) is 0.527. The number of halogens is 1. The molecular weight excluding hydrogens is 242 g/mol. The third-order valence-electron chi connectivity index (χ3n) is 3.04. The van der Waals surface area contributed by atoms with Crippen LogP contribution >= 0.6 is 11.6 Å². The monoisotopic (exact) mass is 255 g/mol. The number of aromatic nitrogens is 2. The highest BCUT2D eigenvalue weighted by Crippen LogP contribution is 2.27. The van der Waals surface area contributed by atoms with E-state index < -0.39 is 0 Å². The molecule has 1 aliphatic heterocycles. The first-order valence-electron chi connectivity index (χ1n) is 5.61. The first kappa shape index (κ1) is 12.3. The fourth-order valence-electron chi connectivity index (χ4n) is 2.16. The molecule has 6 heteroatoms. The summed E-state index contributed by atoms with van der Waals surface area (Å²) in [6.45, 7) is 0.833. The molecule has 0 bridgehead atoms. The summed E-state index contributed by atoms with van der Waals surface area (Å²) in [5, 5.41) is 9.51. The Bertz CT molecular complexity index is 414. The van der Waals surface area contributed by atoms with Crippen LogP contribution < -0.4 is 4.90 Å².